The summed E-state index contributed by atoms with van der Waals surface area (Å²) in [6, 6.07) is 6.12. The van der Waals surface area contributed by atoms with Gasteiger partial charge in [0, 0.05) is 25.1 Å². The monoisotopic (exact) mass is 248 g/mol. The van der Waals surface area contributed by atoms with Crippen LogP contribution in [0.15, 0.2) is 18.2 Å². The molecular formula is C15H24N2O. The predicted molar refractivity (Wildman–Crippen MR) is 74.5 cm³/mol. The highest BCUT2D eigenvalue weighted by Gasteiger charge is 2.06. The average molecular weight is 248 g/mol. The molecule has 3 nitrogen and oxygen atoms in total. The van der Waals surface area contributed by atoms with E-state index in [0.717, 1.165) is 37.4 Å². The van der Waals surface area contributed by atoms with E-state index in [1.807, 2.05) is 26.0 Å². The van der Waals surface area contributed by atoms with Crippen molar-refractivity contribution in [1.82, 2.24) is 9.88 Å². The molecule has 1 heterocycles. The van der Waals surface area contributed by atoms with Crippen molar-refractivity contribution in [2.75, 3.05) is 13.1 Å². The van der Waals surface area contributed by atoms with E-state index < -0.39 is 0 Å². The Morgan fingerprint density at radius 2 is 2.11 bits per heavy atom. The lowest BCUT2D eigenvalue weighted by atomic mass is 10.2. The number of ketones is 1. The van der Waals surface area contributed by atoms with Crippen LogP contribution in [0.2, 0.25) is 0 Å². The van der Waals surface area contributed by atoms with Crippen LogP contribution < -0.4 is 0 Å². The van der Waals surface area contributed by atoms with Gasteiger partial charge in [0.2, 0.25) is 0 Å². The standard InChI is InChI=1S/C15H24N2O/c1-4-15(18)10-7-11-17(5-2)12-14-9-6-8-13(3)16-14/h6,8-9H,4-5,7,10-12H2,1-3H3. The third-order valence-corrected chi connectivity index (χ3v) is 3.10. The summed E-state index contributed by atoms with van der Waals surface area (Å²) in [4.78, 5) is 18.1. The Kier molecular flexibility index (Phi) is 6.58. The molecule has 0 amide bonds. The first-order valence-corrected chi connectivity index (χ1v) is 6.82. The first kappa shape index (κ1) is 14.8. The van der Waals surface area contributed by atoms with Gasteiger partial charge in [-0.3, -0.25) is 14.7 Å². The van der Waals surface area contributed by atoms with E-state index in [-0.39, 0.29) is 0 Å². The van der Waals surface area contributed by atoms with Gasteiger partial charge in [-0.25, -0.2) is 0 Å². The van der Waals surface area contributed by atoms with Gasteiger partial charge >= 0.3 is 0 Å². The first-order chi connectivity index (χ1) is 8.65. The quantitative estimate of drug-likeness (QED) is 0.709. The maximum atomic E-state index is 11.3. The predicted octanol–water partition coefficient (Wildman–Crippen LogP) is 2.97. The van der Waals surface area contributed by atoms with Gasteiger partial charge < -0.3 is 0 Å². The summed E-state index contributed by atoms with van der Waals surface area (Å²) in [5.74, 6) is 0.361. The molecule has 0 aromatic carbocycles. The highest BCUT2D eigenvalue weighted by Crippen LogP contribution is 2.05. The lowest BCUT2D eigenvalue weighted by molar-refractivity contribution is -0.118. The zero-order valence-corrected chi connectivity index (χ0v) is 11.8. The molecule has 0 atom stereocenters. The van der Waals surface area contributed by atoms with E-state index in [4.69, 9.17) is 0 Å². The first-order valence-electron chi connectivity index (χ1n) is 6.82. The molecule has 0 saturated carbocycles. The van der Waals surface area contributed by atoms with Crippen molar-refractivity contribution in [3.8, 4) is 0 Å². The minimum Gasteiger partial charge on any atom is -0.300 e. The average Bonchev–Trinajstić information content (AvgIpc) is 2.37. The number of nitrogens with zero attached hydrogens (tertiary/aromatic N) is 2. The lowest BCUT2D eigenvalue weighted by Crippen LogP contribution is -2.25. The molecule has 18 heavy (non-hydrogen) atoms. The Morgan fingerprint density at radius 1 is 1.33 bits per heavy atom. The van der Waals surface area contributed by atoms with Gasteiger partial charge in [-0.05, 0) is 38.6 Å². The topological polar surface area (TPSA) is 33.2 Å². The van der Waals surface area contributed by atoms with Crippen molar-refractivity contribution < 1.29 is 4.79 Å². The fourth-order valence-corrected chi connectivity index (χ4v) is 1.94. The van der Waals surface area contributed by atoms with Crippen LogP contribution in [0.3, 0.4) is 0 Å². The molecule has 0 aliphatic carbocycles. The molecule has 0 bridgehead atoms. The van der Waals surface area contributed by atoms with Gasteiger partial charge in [0.1, 0.15) is 5.78 Å². The molecule has 1 aromatic heterocycles. The van der Waals surface area contributed by atoms with Crippen LogP contribution in [0.5, 0.6) is 0 Å². The van der Waals surface area contributed by atoms with E-state index in [1.165, 1.54) is 0 Å². The van der Waals surface area contributed by atoms with Crippen LogP contribution in [-0.4, -0.2) is 28.8 Å². The summed E-state index contributed by atoms with van der Waals surface area (Å²) in [6.07, 6.45) is 2.31. The molecule has 0 aliphatic heterocycles. The number of pyridine rings is 1. The number of Topliss-reactive ketones (excluding diaryl/α,β-unsaturated/α-hetero) is 1. The molecule has 0 radical (unpaired) electrons. The van der Waals surface area contributed by atoms with Crippen LogP contribution in [0.25, 0.3) is 0 Å². The van der Waals surface area contributed by atoms with Crippen LogP contribution in [0.1, 0.15) is 44.5 Å². The van der Waals surface area contributed by atoms with Crippen molar-refractivity contribution in [1.29, 1.82) is 0 Å². The van der Waals surface area contributed by atoms with Gasteiger partial charge in [0.25, 0.3) is 0 Å². The second kappa shape index (κ2) is 7.98. The lowest BCUT2D eigenvalue weighted by Gasteiger charge is -2.19. The summed E-state index contributed by atoms with van der Waals surface area (Å²) in [6.45, 7) is 8.93. The molecule has 0 aliphatic rings. The molecular weight excluding hydrogens is 224 g/mol. The number of aromatic nitrogens is 1. The zero-order valence-electron chi connectivity index (χ0n) is 11.8. The van der Waals surface area contributed by atoms with Crippen molar-refractivity contribution in [2.24, 2.45) is 0 Å². The van der Waals surface area contributed by atoms with Crippen LogP contribution in [0, 0.1) is 6.92 Å². The van der Waals surface area contributed by atoms with Gasteiger partial charge in [-0.2, -0.15) is 0 Å². The third-order valence-electron chi connectivity index (χ3n) is 3.10. The largest absolute Gasteiger partial charge is 0.300 e. The van der Waals surface area contributed by atoms with Crippen molar-refractivity contribution >= 4 is 5.78 Å². The Balaban J connectivity index is 2.40. The number of hydrogen-bond acceptors (Lipinski definition) is 3. The van der Waals surface area contributed by atoms with Crippen molar-refractivity contribution in [3.05, 3.63) is 29.6 Å². The Hall–Kier alpha value is -1.22. The molecule has 0 unspecified atom stereocenters. The van der Waals surface area contributed by atoms with Crippen molar-refractivity contribution in [2.45, 2.75) is 46.6 Å². The van der Waals surface area contributed by atoms with E-state index in [9.17, 15) is 4.79 Å². The minimum atomic E-state index is 0.361. The summed E-state index contributed by atoms with van der Waals surface area (Å²) in [7, 11) is 0. The fraction of sp³-hybridized carbons (Fsp3) is 0.600. The number of hydrogen-bond donors (Lipinski definition) is 0. The summed E-state index contributed by atoms with van der Waals surface area (Å²) in [5.41, 5.74) is 2.17. The second-order valence-electron chi connectivity index (χ2n) is 4.63. The molecule has 1 rings (SSSR count). The fourth-order valence-electron chi connectivity index (χ4n) is 1.94. The number of carbonyl (C=O) groups is 1. The van der Waals surface area contributed by atoms with E-state index in [1.54, 1.807) is 0 Å². The molecule has 3 heteroatoms. The number of rotatable bonds is 8. The van der Waals surface area contributed by atoms with Crippen LogP contribution in [-0.2, 0) is 11.3 Å². The second-order valence-corrected chi connectivity index (χ2v) is 4.63. The summed E-state index contributed by atoms with van der Waals surface area (Å²) in [5, 5.41) is 0. The van der Waals surface area contributed by atoms with Gasteiger partial charge in [-0.1, -0.05) is 19.9 Å². The number of carbonyl (C=O) groups excluding carboxylic acids is 1. The molecule has 0 spiro atoms. The maximum Gasteiger partial charge on any atom is 0.132 e. The van der Waals surface area contributed by atoms with Gasteiger partial charge in [0.15, 0.2) is 0 Å². The third kappa shape index (κ3) is 5.41. The van der Waals surface area contributed by atoms with E-state index in [2.05, 4.69) is 22.9 Å². The SMILES string of the molecule is CCC(=O)CCCN(CC)Cc1cccc(C)n1. The maximum absolute atomic E-state index is 11.3. The minimum absolute atomic E-state index is 0.361. The molecule has 1 aromatic rings. The van der Waals surface area contributed by atoms with Gasteiger partial charge in [0.05, 0.1) is 5.69 Å². The normalized spacial score (nSPS) is 10.9. The van der Waals surface area contributed by atoms with Crippen LogP contribution in [0.4, 0.5) is 0 Å². The molecule has 0 saturated heterocycles. The highest BCUT2D eigenvalue weighted by atomic mass is 16.1. The van der Waals surface area contributed by atoms with E-state index in [0.29, 0.717) is 18.6 Å². The van der Waals surface area contributed by atoms with Gasteiger partial charge in [-0.15, -0.1) is 0 Å². The summed E-state index contributed by atoms with van der Waals surface area (Å²) >= 11 is 0. The Labute approximate surface area is 110 Å². The van der Waals surface area contributed by atoms with Crippen molar-refractivity contribution in [3.63, 3.8) is 0 Å². The number of aryl methyl sites for hydroxylation is 1. The Morgan fingerprint density at radius 3 is 2.72 bits per heavy atom. The Bertz CT molecular complexity index is 377. The molecule has 0 fully saturated rings. The smallest absolute Gasteiger partial charge is 0.132 e. The summed E-state index contributed by atoms with van der Waals surface area (Å²) < 4.78 is 0. The van der Waals surface area contributed by atoms with Crippen LogP contribution >= 0.6 is 0 Å². The van der Waals surface area contributed by atoms with E-state index >= 15 is 0 Å². The molecule has 100 valence electrons. The molecule has 0 N–H and O–H groups in total. The zero-order chi connectivity index (χ0) is 13.4. The highest BCUT2D eigenvalue weighted by molar-refractivity contribution is 5.77.